The van der Waals surface area contributed by atoms with Crippen LogP contribution in [0.3, 0.4) is 0 Å². The first kappa shape index (κ1) is 10.4. The first-order valence-electron chi connectivity index (χ1n) is 4.87. The number of carbonyl (C=O) groups is 2. The third-order valence-electron chi connectivity index (χ3n) is 2.49. The Morgan fingerprint density at radius 1 is 1.25 bits per heavy atom. The number of nitrogens with zero attached hydrogens (tertiary/aromatic N) is 1. The molecule has 0 saturated heterocycles. The van der Waals surface area contributed by atoms with E-state index in [9.17, 15) is 9.59 Å². The highest BCUT2D eigenvalue weighted by atomic mass is 16.4. The van der Waals surface area contributed by atoms with Crippen molar-refractivity contribution in [3.8, 4) is 0 Å². The molecule has 0 unspecified atom stereocenters. The summed E-state index contributed by atoms with van der Waals surface area (Å²) in [5, 5.41) is 9.77. The van der Waals surface area contributed by atoms with E-state index in [0.717, 1.165) is 10.9 Å². The second-order valence-corrected chi connectivity index (χ2v) is 3.75. The lowest BCUT2D eigenvalue weighted by Gasteiger charge is -2.03. The molecule has 0 radical (unpaired) electrons. The van der Waals surface area contributed by atoms with Gasteiger partial charge in [0.25, 0.3) is 0 Å². The highest BCUT2D eigenvalue weighted by Crippen LogP contribution is 2.21. The number of rotatable bonds is 1. The van der Waals surface area contributed by atoms with Gasteiger partial charge in [0, 0.05) is 12.3 Å². The minimum absolute atomic E-state index is 0.00750. The highest BCUT2D eigenvalue weighted by molar-refractivity contribution is 6.02. The minimum Gasteiger partial charge on any atom is -0.477 e. The van der Waals surface area contributed by atoms with E-state index in [1.807, 2.05) is 25.1 Å². The Labute approximate surface area is 92.1 Å². The van der Waals surface area contributed by atoms with Crippen LogP contribution in [0, 0.1) is 6.92 Å². The molecule has 2 aromatic rings. The van der Waals surface area contributed by atoms with E-state index >= 15 is 0 Å². The van der Waals surface area contributed by atoms with E-state index in [0.29, 0.717) is 5.52 Å². The van der Waals surface area contributed by atoms with Gasteiger partial charge in [-0.25, -0.2) is 4.79 Å². The van der Waals surface area contributed by atoms with Crippen LogP contribution in [0.1, 0.15) is 27.8 Å². The number of hydrogen-bond acceptors (Lipinski definition) is 2. The van der Waals surface area contributed by atoms with Crippen molar-refractivity contribution < 1.29 is 14.7 Å². The fourth-order valence-electron chi connectivity index (χ4n) is 1.81. The average Bonchev–Trinajstić information content (AvgIpc) is 2.55. The molecule has 4 heteroatoms. The topological polar surface area (TPSA) is 59.3 Å². The monoisotopic (exact) mass is 217 g/mol. The van der Waals surface area contributed by atoms with Gasteiger partial charge in [-0.15, -0.1) is 0 Å². The number of aromatic carboxylic acids is 1. The number of carbonyl (C=O) groups excluding carboxylic acids is 1. The number of aromatic nitrogens is 1. The van der Waals surface area contributed by atoms with Crippen LogP contribution in [0.2, 0.25) is 0 Å². The molecule has 0 aliphatic heterocycles. The number of carboxylic acid groups (broad SMARTS) is 1. The van der Waals surface area contributed by atoms with Crippen molar-refractivity contribution in [2.24, 2.45) is 0 Å². The maximum absolute atomic E-state index is 11.5. The zero-order valence-corrected chi connectivity index (χ0v) is 9.02. The normalized spacial score (nSPS) is 10.6. The molecule has 0 bridgehead atoms. The SMILES string of the molecule is CC(=O)n1c(C(=O)O)cc2ccc(C)cc21. The summed E-state index contributed by atoms with van der Waals surface area (Å²) >= 11 is 0. The first-order valence-corrected chi connectivity index (χ1v) is 4.87. The van der Waals surface area contributed by atoms with Crippen molar-refractivity contribution in [3.05, 3.63) is 35.5 Å². The minimum atomic E-state index is -1.09. The Balaban J connectivity index is 2.88. The van der Waals surface area contributed by atoms with Gasteiger partial charge in [0.2, 0.25) is 5.91 Å². The lowest BCUT2D eigenvalue weighted by Crippen LogP contribution is -2.13. The molecule has 2 rings (SSSR count). The summed E-state index contributed by atoms with van der Waals surface area (Å²) in [6, 6.07) is 7.02. The van der Waals surface area contributed by atoms with E-state index in [-0.39, 0.29) is 11.6 Å². The summed E-state index contributed by atoms with van der Waals surface area (Å²) in [6.07, 6.45) is 0. The Hall–Kier alpha value is -2.10. The lowest BCUT2D eigenvalue weighted by atomic mass is 10.2. The molecular weight excluding hydrogens is 206 g/mol. The maximum Gasteiger partial charge on any atom is 0.352 e. The zero-order chi connectivity index (χ0) is 11.9. The zero-order valence-electron chi connectivity index (χ0n) is 9.02. The van der Waals surface area contributed by atoms with Gasteiger partial charge in [-0.1, -0.05) is 12.1 Å². The predicted octanol–water partition coefficient (Wildman–Crippen LogP) is 2.31. The Morgan fingerprint density at radius 2 is 1.94 bits per heavy atom. The molecule has 4 nitrogen and oxygen atoms in total. The van der Waals surface area contributed by atoms with Crippen LogP contribution < -0.4 is 0 Å². The van der Waals surface area contributed by atoms with Gasteiger partial charge >= 0.3 is 5.97 Å². The van der Waals surface area contributed by atoms with E-state index in [1.54, 1.807) is 0 Å². The van der Waals surface area contributed by atoms with Gasteiger partial charge in [-0.2, -0.15) is 0 Å². The largest absolute Gasteiger partial charge is 0.477 e. The van der Waals surface area contributed by atoms with Crippen molar-refractivity contribution >= 4 is 22.8 Å². The number of fused-ring (bicyclic) bond motifs is 1. The van der Waals surface area contributed by atoms with Crippen LogP contribution in [0.15, 0.2) is 24.3 Å². The van der Waals surface area contributed by atoms with Crippen LogP contribution in [0.25, 0.3) is 10.9 Å². The Kier molecular flexibility index (Phi) is 2.27. The molecule has 0 saturated carbocycles. The lowest BCUT2D eigenvalue weighted by molar-refractivity contribution is 0.0676. The molecule has 1 heterocycles. The van der Waals surface area contributed by atoms with E-state index in [4.69, 9.17) is 5.11 Å². The predicted molar refractivity (Wildman–Crippen MR) is 59.9 cm³/mol. The van der Waals surface area contributed by atoms with Crippen LogP contribution >= 0.6 is 0 Å². The Bertz CT molecular complexity index is 596. The summed E-state index contributed by atoms with van der Waals surface area (Å²) in [4.78, 5) is 22.5. The molecule has 0 atom stereocenters. The molecule has 0 amide bonds. The molecule has 0 spiro atoms. The summed E-state index contributed by atoms with van der Waals surface area (Å²) < 4.78 is 1.23. The number of hydrogen-bond donors (Lipinski definition) is 1. The number of aryl methyl sites for hydroxylation is 1. The van der Waals surface area contributed by atoms with Crippen molar-refractivity contribution in [1.29, 1.82) is 0 Å². The van der Waals surface area contributed by atoms with Gasteiger partial charge in [-0.05, 0) is 24.6 Å². The van der Waals surface area contributed by atoms with Crippen molar-refractivity contribution in [2.45, 2.75) is 13.8 Å². The van der Waals surface area contributed by atoms with Gasteiger partial charge < -0.3 is 5.11 Å². The fraction of sp³-hybridized carbons (Fsp3) is 0.167. The second-order valence-electron chi connectivity index (χ2n) is 3.75. The summed E-state index contributed by atoms with van der Waals surface area (Å²) in [5.41, 5.74) is 1.64. The number of benzene rings is 1. The molecule has 16 heavy (non-hydrogen) atoms. The van der Waals surface area contributed by atoms with Gasteiger partial charge in [-0.3, -0.25) is 9.36 Å². The maximum atomic E-state index is 11.5. The van der Waals surface area contributed by atoms with Crippen LogP contribution in [-0.2, 0) is 0 Å². The summed E-state index contributed by atoms with van der Waals surface area (Å²) in [5.74, 6) is -1.39. The molecular formula is C12H11NO3. The molecule has 0 fully saturated rings. The van der Waals surface area contributed by atoms with Crippen molar-refractivity contribution in [1.82, 2.24) is 4.57 Å². The number of carboxylic acids is 1. The van der Waals surface area contributed by atoms with Crippen molar-refractivity contribution in [3.63, 3.8) is 0 Å². The van der Waals surface area contributed by atoms with E-state index in [1.165, 1.54) is 17.6 Å². The quantitative estimate of drug-likeness (QED) is 0.797. The van der Waals surface area contributed by atoms with Crippen LogP contribution in [0.5, 0.6) is 0 Å². The average molecular weight is 217 g/mol. The molecule has 1 aromatic carbocycles. The van der Waals surface area contributed by atoms with Gasteiger partial charge in [0.1, 0.15) is 5.69 Å². The molecule has 82 valence electrons. The smallest absolute Gasteiger partial charge is 0.352 e. The van der Waals surface area contributed by atoms with Gasteiger partial charge in [0.15, 0.2) is 0 Å². The van der Waals surface area contributed by atoms with Crippen LogP contribution in [-0.4, -0.2) is 21.6 Å². The van der Waals surface area contributed by atoms with E-state index in [2.05, 4.69) is 0 Å². The standard InChI is InChI=1S/C12H11NO3/c1-7-3-4-9-6-11(12(15)16)13(8(2)14)10(9)5-7/h3-6H,1-2H3,(H,15,16). The summed E-state index contributed by atoms with van der Waals surface area (Å²) in [7, 11) is 0. The van der Waals surface area contributed by atoms with Crippen LogP contribution in [0.4, 0.5) is 0 Å². The first-order chi connectivity index (χ1) is 7.50. The molecule has 1 N–H and O–H groups in total. The van der Waals surface area contributed by atoms with Crippen molar-refractivity contribution in [2.75, 3.05) is 0 Å². The molecule has 0 aliphatic rings. The highest BCUT2D eigenvalue weighted by Gasteiger charge is 2.16. The molecule has 0 aliphatic carbocycles. The van der Waals surface area contributed by atoms with Gasteiger partial charge in [0.05, 0.1) is 5.52 Å². The fourth-order valence-corrected chi connectivity index (χ4v) is 1.81. The second kappa shape index (κ2) is 3.48. The molecule has 1 aromatic heterocycles. The third kappa shape index (κ3) is 1.48. The third-order valence-corrected chi connectivity index (χ3v) is 2.49. The van der Waals surface area contributed by atoms with E-state index < -0.39 is 5.97 Å². The summed E-state index contributed by atoms with van der Waals surface area (Å²) in [6.45, 7) is 3.26. The Morgan fingerprint density at radius 3 is 2.50 bits per heavy atom.